The van der Waals surface area contributed by atoms with Crippen LogP contribution in [0, 0.1) is 0 Å². The topological polar surface area (TPSA) is 66.4 Å². The molecule has 6 heteroatoms. The zero-order valence-corrected chi connectivity index (χ0v) is 11.4. The Morgan fingerprint density at radius 1 is 1.47 bits per heavy atom. The lowest BCUT2D eigenvalue weighted by atomic mass is 10.3. The number of nitrogens with one attached hydrogen (secondary N) is 1. The van der Waals surface area contributed by atoms with Gasteiger partial charge in [0.1, 0.15) is 4.88 Å². The molecule has 0 bridgehead atoms. The molecule has 0 aliphatic rings. The maximum Gasteiger partial charge on any atom is 0.345 e. The van der Waals surface area contributed by atoms with E-state index in [0.717, 1.165) is 22.8 Å². The summed E-state index contributed by atoms with van der Waals surface area (Å²) in [4.78, 5) is 23.1. The number of thioether (sulfide) groups is 1. The zero-order chi connectivity index (χ0) is 12.8. The second-order valence-corrected chi connectivity index (χ2v) is 5.91. The van der Waals surface area contributed by atoms with Gasteiger partial charge in [-0.05, 0) is 24.8 Å². The smallest absolute Gasteiger partial charge is 0.345 e. The lowest BCUT2D eigenvalue weighted by Crippen LogP contribution is -2.33. The van der Waals surface area contributed by atoms with Crippen molar-refractivity contribution >= 4 is 35.0 Å². The molecule has 1 rings (SSSR count). The van der Waals surface area contributed by atoms with Crippen molar-refractivity contribution in [3.05, 3.63) is 21.9 Å². The molecule has 17 heavy (non-hydrogen) atoms. The molecule has 0 aliphatic carbocycles. The zero-order valence-electron chi connectivity index (χ0n) is 9.73. The van der Waals surface area contributed by atoms with E-state index in [-0.39, 0.29) is 16.8 Å². The SMILES string of the molecule is CCSCC(C)NC(=O)c1ccc(C(=O)O)s1. The van der Waals surface area contributed by atoms with Crippen molar-refractivity contribution in [3.63, 3.8) is 0 Å². The van der Waals surface area contributed by atoms with E-state index in [4.69, 9.17) is 5.11 Å². The van der Waals surface area contributed by atoms with Gasteiger partial charge in [-0.3, -0.25) is 4.79 Å². The van der Waals surface area contributed by atoms with Gasteiger partial charge in [-0.15, -0.1) is 11.3 Å². The molecule has 0 spiro atoms. The summed E-state index contributed by atoms with van der Waals surface area (Å²) in [5.41, 5.74) is 0. The highest BCUT2D eigenvalue weighted by Crippen LogP contribution is 2.16. The fourth-order valence-corrected chi connectivity index (χ4v) is 2.63. The monoisotopic (exact) mass is 273 g/mol. The van der Waals surface area contributed by atoms with Crippen molar-refractivity contribution in [2.45, 2.75) is 19.9 Å². The Hall–Kier alpha value is -1.01. The largest absolute Gasteiger partial charge is 0.477 e. The summed E-state index contributed by atoms with van der Waals surface area (Å²) in [7, 11) is 0. The van der Waals surface area contributed by atoms with Crippen molar-refractivity contribution in [1.82, 2.24) is 5.32 Å². The van der Waals surface area contributed by atoms with Crippen molar-refractivity contribution in [2.75, 3.05) is 11.5 Å². The number of carbonyl (C=O) groups excluding carboxylic acids is 1. The second kappa shape index (κ2) is 6.66. The first-order valence-corrected chi connectivity index (χ1v) is 7.23. The first kappa shape index (κ1) is 14.1. The normalized spacial score (nSPS) is 12.1. The molecule has 2 N–H and O–H groups in total. The van der Waals surface area contributed by atoms with Crippen LogP contribution in [0.1, 0.15) is 33.2 Å². The van der Waals surface area contributed by atoms with Crippen LogP contribution < -0.4 is 5.32 Å². The van der Waals surface area contributed by atoms with E-state index in [0.29, 0.717) is 4.88 Å². The molecular formula is C11H15NO3S2. The number of hydrogen-bond acceptors (Lipinski definition) is 4. The van der Waals surface area contributed by atoms with Crippen LogP contribution >= 0.6 is 23.1 Å². The average molecular weight is 273 g/mol. The van der Waals surface area contributed by atoms with Crippen molar-refractivity contribution in [1.29, 1.82) is 0 Å². The molecule has 0 aliphatic heterocycles. The van der Waals surface area contributed by atoms with Gasteiger partial charge < -0.3 is 10.4 Å². The molecule has 1 heterocycles. The van der Waals surface area contributed by atoms with Crippen molar-refractivity contribution < 1.29 is 14.7 Å². The van der Waals surface area contributed by atoms with Gasteiger partial charge in [-0.1, -0.05) is 6.92 Å². The standard InChI is InChI=1S/C11H15NO3S2/c1-3-16-6-7(2)12-10(13)8-4-5-9(17-8)11(14)15/h4-5,7H,3,6H2,1-2H3,(H,12,13)(H,14,15). The van der Waals surface area contributed by atoms with Crippen LogP contribution in [-0.4, -0.2) is 34.5 Å². The predicted molar refractivity (Wildman–Crippen MR) is 71.2 cm³/mol. The Morgan fingerprint density at radius 2 is 2.12 bits per heavy atom. The minimum atomic E-state index is -0.997. The summed E-state index contributed by atoms with van der Waals surface area (Å²) < 4.78 is 0. The van der Waals surface area contributed by atoms with Gasteiger partial charge in [0, 0.05) is 11.8 Å². The number of carboxylic acid groups (broad SMARTS) is 1. The van der Waals surface area contributed by atoms with E-state index in [9.17, 15) is 9.59 Å². The summed E-state index contributed by atoms with van der Waals surface area (Å²) in [5, 5.41) is 11.6. The summed E-state index contributed by atoms with van der Waals surface area (Å²) in [6.45, 7) is 4.00. The van der Waals surface area contributed by atoms with Crippen molar-refractivity contribution in [2.24, 2.45) is 0 Å². The number of carboxylic acids is 1. The third-order valence-corrected chi connectivity index (χ3v) is 4.21. The third kappa shape index (κ3) is 4.40. The molecule has 0 radical (unpaired) electrons. The van der Waals surface area contributed by atoms with Gasteiger partial charge in [-0.2, -0.15) is 11.8 Å². The highest BCUT2D eigenvalue weighted by molar-refractivity contribution is 7.99. The minimum absolute atomic E-state index is 0.0860. The molecule has 1 unspecified atom stereocenters. The Balaban J connectivity index is 2.54. The van der Waals surface area contributed by atoms with E-state index in [1.54, 1.807) is 17.8 Å². The van der Waals surface area contributed by atoms with Crippen LogP contribution in [0.2, 0.25) is 0 Å². The van der Waals surface area contributed by atoms with Gasteiger partial charge in [0.25, 0.3) is 5.91 Å². The highest BCUT2D eigenvalue weighted by atomic mass is 32.2. The molecule has 1 atom stereocenters. The van der Waals surface area contributed by atoms with Crippen LogP contribution in [0.4, 0.5) is 0 Å². The van der Waals surface area contributed by atoms with Gasteiger partial charge >= 0.3 is 5.97 Å². The average Bonchev–Trinajstić information content (AvgIpc) is 2.75. The number of aromatic carboxylic acids is 1. The maximum atomic E-state index is 11.8. The van der Waals surface area contributed by atoms with Crippen LogP contribution in [0.15, 0.2) is 12.1 Å². The molecule has 4 nitrogen and oxygen atoms in total. The first-order chi connectivity index (χ1) is 8.04. The molecule has 1 aromatic rings. The fourth-order valence-electron chi connectivity index (χ4n) is 1.21. The van der Waals surface area contributed by atoms with Crippen molar-refractivity contribution in [3.8, 4) is 0 Å². The van der Waals surface area contributed by atoms with Crippen LogP contribution in [-0.2, 0) is 0 Å². The first-order valence-electron chi connectivity index (χ1n) is 5.26. The summed E-state index contributed by atoms with van der Waals surface area (Å²) in [6, 6.07) is 3.08. The third-order valence-electron chi connectivity index (χ3n) is 1.99. The van der Waals surface area contributed by atoms with Gasteiger partial charge in [0.2, 0.25) is 0 Å². The Labute approximate surface area is 108 Å². The molecule has 0 saturated heterocycles. The maximum absolute atomic E-state index is 11.8. The highest BCUT2D eigenvalue weighted by Gasteiger charge is 2.14. The number of hydrogen-bond donors (Lipinski definition) is 2. The Bertz CT molecular complexity index is 403. The van der Waals surface area contributed by atoms with E-state index in [1.165, 1.54) is 6.07 Å². The second-order valence-electron chi connectivity index (χ2n) is 3.50. The summed E-state index contributed by atoms with van der Waals surface area (Å²) >= 11 is 2.75. The minimum Gasteiger partial charge on any atom is -0.477 e. The molecule has 1 amide bonds. The lowest BCUT2D eigenvalue weighted by molar-refractivity contribution is 0.0702. The van der Waals surface area contributed by atoms with E-state index >= 15 is 0 Å². The van der Waals surface area contributed by atoms with Crippen LogP contribution in [0.5, 0.6) is 0 Å². The molecule has 0 saturated carbocycles. The number of rotatable bonds is 6. The number of carbonyl (C=O) groups is 2. The fraction of sp³-hybridized carbons (Fsp3) is 0.455. The van der Waals surface area contributed by atoms with Crippen LogP contribution in [0.3, 0.4) is 0 Å². The van der Waals surface area contributed by atoms with Gasteiger partial charge in [-0.25, -0.2) is 4.79 Å². The molecule has 1 aromatic heterocycles. The van der Waals surface area contributed by atoms with E-state index in [1.807, 2.05) is 6.92 Å². The number of thiophene rings is 1. The summed E-state index contributed by atoms with van der Waals surface area (Å²) in [5.74, 6) is 0.678. The lowest BCUT2D eigenvalue weighted by Gasteiger charge is -2.11. The van der Waals surface area contributed by atoms with Gasteiger partial charge in [0.05, 0.1) is 4.88 Å². The number of amides is 1. The predicted octanol–water partition coefficient (Wildman–Crippen LogP) is 2.32. The molecule has 0 aromatic carbocycles. The van der Waals surface area contributed by atoms with Gasteiger partial charge in [0.15, 0.2) is 0 Å². The molecule has 0 fully saturated rings. The quantitative estimate of drug-likeness (QED) is 0.834. The Kier molecular flexibility index (Phi) is 5.50. The molecular weight excluding hydrogens is 258 g/mol. The Morgan fingerprint density at radius 3 is 2.65 bits per heavy atom. The molecule has 94 valence electrons. The van der Waals surface area contributed by atoms with E-state index in [2.05, 4.69) is 12.2 Å². The van der Waals surface area contributed by atoms with Crippen LogP contribution in [0.25, 0.3) is 0 Å². The summed E-state index contributed by atoms with van der Waals surface area (Å²) in [6.07, 6.45) is 0. The van der Waals surface area contributed by atoms with E-state index < -0.39 is 5.97 Å².